The first-order chi connectivity index (χ1) is 14.4. The smallest absolute Gasteiger partial charge is 0.342 e. The Morgan fingerprint density at radius 3 is 2.73 bits per heavy atom. The van der Waals surface area contributed by atoms with Crippen LogP contribution in [0, 0.1) is 0 Å². The number of carboxylic acids is 1. The Kier molecular flexibility index (Phi) is 6.86. The molecular weight excluding hydrogens is 432 g/mol. The van der Waals surface area contributed by atoms with Crippen molar-refractivity contribution in [3.63, 3.8) is 0 Å². The predicted molar refractivity (Wildman–Crippen MR) is 112 cm³/mol. The number of hydrogen-bond donors (Lipinski definition) is 2. The fourth-order valence-electron chi connectivity index (χ4n) is 2.48. The molecule has 0 amide bonds. The molecular formula is C20H17ClN2O6S. The van der Waals surface area contributed by atoms with Crippen molar-refractivity contribution in [2.24, 2.45) is 0 Å². The van der Waals surface area contributed by atoms with Gasteiger partial charge in [-0.05, 0) is 60.7 Å². The van der Waals surface area contributed by atoms with E-state index in [0.29, 0.717) is 28.5 Å². The second kappa shape index (κ2) is 9.55. The third-order valence-electron chi connectivity index (χ3n) is 3.79. The monoisotopic (exact) mass is 448 g/mol. The number of aliphatic carboxylic acids is 1. The maximum absolute atomic E-state index is 11.7. The summed E-state index contributed by atoms with van der Waals surface area (Å²) in [5.74, 6) is -0.318. The van der Waals surface area contributed by atoms with Crippen molar-refractivity contribution in [2.75, 3.05) is 13.7 Å². The van der Waals surface area contributed by atoms with Crippen LogP contribution < -0.4 is 9.47 Å². The molecule has 2 N–H and O–H groups in total. The van der Waals surface area contributed by atoms with Crippen LogP contribution in [0.3, 0.4) is 0 Å². The number of thioether (sulfide) groups is 1. The fourth-order valence-corrected chi connectivity index (χ4v) is 3.32. The van der Waals surface area contributed by atoms with Gasteiger partial charge in [0, 0.05) is 5.02 Å². The molecule has 0 aliphatic rings. The van der Waals surface area contributed by atoms with E-state index in [1.165, 1.54) is 19.3 Å². The van der Waals surface area contributed by atoms with Gasteiger partial charge in [-0.2, -0.15) is 0 Å². The summed E-state index contributed by atoms with van der Waals surface area (Å²) in [4.78, 5) is 11.7. The molecule has 10 heteroatoms. The Balaban J connectivity index is 1.89. The summed E-state index contributed by atoms with van der Waals surface area (Å²) in [6.45, 7) is 2.14. The van der Waals surface area contributed by atoms with Gasteiger partial charge in [0.25, 0.3) is 11.1 Å². The maximum Gasteiger partial charge on any atom is 0.342 e. The minimum Gasteiger partial charge on any atom is -0.504 e. The molecule has 156 valence electrons. The average molecular weight is 449 g/mol. The number of rotatable bonds is 8. The lowest BCUT2D eigenvalue weighted by Crippen LogP contribution is -1.97. The topological polar surface area (TPSA) is 115 Å². The first-order valence-corrected chi connectivity index (χ1v) is 9.86. The number of nitrogens with zero attached hydrogens (tertiary/aromatic N) is 2. The minimum atomic E-state index is -1.17. The molecule has 1 heterocycles. The molecule has 0 saturated heterocycles. The number of aromatic nitrogens is 2. The van der Waals surface area contributed by atoms with Gasteiger partial charge in [0.2, 0.25) is 0 Å². The summed E-state index contributed by atoms with van der Waals surface area (Å²) in [6.07, 6.45) is 1.42. The highest BCUT2D eigenvalue weighted by Gasteiger charge is 2.18. The van der Waals surface area contributed by atoms with E-state index in [1.807, 2.05) is 0 Å². The summed E-state index contributed by atoms with van der Waals surface area (Å²) in [5.41, 5.74) is 1.02. The van der Waals surface area contributed by atoms with Gasteiger partial charge in [0.1, 0.15) is 10.7 Å². The number of ether oxygens (including phenoxy) is 2. The molecule has 0 radical (unpaired) electrons. The van der Waals surface area contributed by atoms with Crippen molar-refractivity contribution in [3.8, 4) is 28.7 Å². The van der Waals surface area contributed by atoms with Gasteiger partial charge in [-0.3, -0.25) is 0 Å². The number of hydrogen-bond acceptors (Lipinski definition) is 8. The Bertz CT molecular complexity index is 1100. The molecule has 0 fully saturated rings. The van der Waals surface area contributed by atoms with Crippen molar-refractivity contribution >= 4 is 35.4 Å². The molecule has 0 atom stereocenters. The summed E-state index contributed by atoms with van der Waals surface area (Å²) in [6, 6.07) is 9.47. The first kappa shape index (κ1) is 21.5. The van der Waals surface area contributed by atoms with Gasteiger partial charge in [-0.15, -0.1) is 10.2 Å². The van der Waals surface area contributed by atoms with E-state index in [4.69, 9.17) is 25.5 Å². The van der Waals surface area contributed by atoms with Crippen molar-refractivity contribution in [1.29, 1.82) is 0 Å². The number of halogens is 1. The highest BCUT2D eigenvalue weighted by Crippen LogP contribution is 2.35. The number of carbonyl (C=O) groups is 1. The normalized spacial score (nSPS) is 11.4. The van der Waals surface area contributed by atoms with Crippen LogP contribution in [0.4, 0.5) is 0 Å². The summed E-state index contributed by atoms with van der Waals surface area (Å²) in [5, 5.41) is 27.7. The molecule has 0 unspecified atom stereocenters. The average Bonchev–Trinajstić information content (AvgIpc) is 3.18. The molecule has 30 heavy (non-hydrogen) atoms. The van der Waals surface area contributed by atoms with E-state index in [2.05, 4.69) is 10.2 Å². The van der Waals surface area contributed by atoms with Crippen LogP contribution in [-0.2, 0) is 4.79 Å². The van der Waals surface area contributed by atoms with E-state index in [-0.39, 0.29) is 27.5 Å². The first-order valence-electron chi connectivity index (χ1n) is 8.67. The molecule has 0 aliphatic carbocycles. The zero-order chi connectivity index (χ0) is 21.7. The van der Waals surface area contributed by atoms with Crippen LogP contribution in [0.15, 0.2) is 50.9 Å². The summed E-state index contributed by atoms with van der Waals surface area (Å²) >= 11 is 6.82. The van der Waals surface area contributed by atoms with Gasteiger partial charge in [-0.1, -0.05) is 17.7 Å². The predicted octanol–water partition coefficient (Wildman–Crippen LogP) is 4.72. The van der Waals surface area contributed by atoms with Crippen LogP contribution in [0.25, 0.3) is 17.5 Å². The highest BCUT2D eigenvalue weighted by molar-refractivity contribution is 8.03. The van der Waals surface area contributed by atoms with E-state index in [1.54, 1.807) is 37.3 Å². The Morgan fingerprint density at radius 2 is 2.03 bits per heavy atom. The van der Waals surface area contributed by atoms with Crippen LogP contribution in [0.2, 0.25) is 5.02 Å². The SMILES string of the molecule is CCOc1cc(/C=C(\Sc2nnc(-c3cc(Cl)ccc3OC)o2)C(=O)O)ccc1O. The molecule has 8 nitrogen and oxygen atoms in total. The van der Waals surface area contributed by atoms with Crippen LogP contribution in [0.1, 0.15) is 12.5 Å². The van der Waals surface area contributed by atoms with Crippen LogP contribution in [-0.4, -0.2) is 40.1 Å². The molecule has 0 bridgehead atoms. The van der Waals surface area contributed by atoms with Crippen LogP contribution in [0.5, 0.6) is 17.2 Å². The number of phenolic OH excluding ortho intramolecular Hbond substituents is 1. The molecule has 2 aromatic carbocycles. The Morgan fingerprint density at radius 1 is 1.23 bits per heavy atom. The summed E-state index contributed by atoms with van der Waals surface area (Å²) in [7, 11) is 1.50. The largest absolute Gasteiger partial charge is 0.504 e. The van der Waals surface area contributed by atoms with Gasteiger partial charge in [0.05, 0.1) is 19.3 Å². The maximum atomic E-state index is 11.7. The molecule has 3 rings (SSSR count). The van der Waals surface area contributed by atoms with E-state index >= 15 is 0 Å². The number of phenols is 1. The van der Waals surface area contributed by atoms with Crippen molar-refractivity contribution in [2.45, 2.75) is 12.1 Å². The number of benzene rings is 2. The lowest BCUT2D eigenvalue weighted by atomic mass is 10.2. The van der Waals surface area contributed by atoms with Gasteiger partial charge in [-0.25, -0.2) is 4.79 Å². The van der Waals surface area contributed by atoms with Crippen molar-refractivity contribution in [1.82, 2.24) is 10.2 Å². The van der Waals surface area contributed by atoms with Gasteiger partial charge >= 0.3 is 5.97 Å². The highest BCUT2D eigenvalue weighted by atomic mass is 35.5. The standard InChI is InChI=1S/C20H17ClN2O6S/c1-3-28-16-8-11(4-6-14(16)24)9-17(19(25)26)30-20-23-22-18(29-20)13-10-12(21)5-7-15(13)27-2/h4-10,24H,3H2,1-2H3,(H,25,26)/b17-9-. The molecule has 0 spiro atoms. The van der Waals surface area contributed by atoms with Crippen LogP contribution >= 0.6 is 23.4 Å². The third kappa shape index (κ3) is 5.05. The van der Waals surface area contributed by atoms with Gasteiger partial charge < -0.3 is 24.1 Å². The van der Waals surface area contributed by atoms with E-state index in [0.717, 1.165) is 11.8 Å². The lowest BCUT2D eigenvalue weighted by molar-refractivity contribution is -0.131. The number of aromatic hydroxyl groups is 1. The molecule has 1 aromatic heterocycles. The number of carboxylic acid groups (broad SMARTS) is 1. The van der Waals surface area contributed by atoms with Gasteiger partial charge in [0.15, 0.2) is 11.5 Å². The Hall–Kier alpha value is -3.17. The quantitative estimate of drug-likeness (QED) is 0.373. The molecule has 0 aliphatic heterocycles. The van der Waals surface area contributed by atoms with Crippen molar-refractivity contribution < 1.29 is 28.9 Å². The lowest BCUT2D eigenvalue weighted by Gasteiger charge is -2.07. The molecule has 0 saturated carbocycles. The zero-order valence-electron chi connectivity index (χ0n) is 16.0. The molecule has 3 aromatic rings. The van der Waals surface area contributed by atoms with E-state index in [9.17, 15) is 15.0 Å². The Labute approximate surface area is 181 Å². The minimum absolute atomic E-state index is 0.0319. The fraction of sp³-hybridized carbons (Fsp3) is 0.150. The van der Waals surface area contributed by atoms with Crippen molar-refractivity contribution in [3.05, 3.63) is 51.9 Å². The second-order valence-electron chi connectivity index (χ2n) is 5.79. The zero-order valence-corrected chi connectivity index (χ0v) is 17.5. The summed E-state index contributed by atoms with van der Waals surface area (Å²) < 4.78 is 16.2. The second-order valence-corrected chi connectivity index (χ2v) is 7.22. The number of methoxy groups -OCH3 is 1. The third-order valence-corrected chi connectivity index (χ3v) is 4.87. The van der Waals surface area contributed by atoms with E-state index < -0.39 is 5.97 Å².